The molecule has 1 N–H and O–H groups in total. The van der Waals surface area contributed by atoms with E-state index >= 15 is 0 Å². The number of para-hydroxylation sites is 1. The van der Waals surface area contributed by atoms with Crippen molar-refractivity contribution >= 4 is 34.4 Å². The molecule has 0 saturated carbocycles. The first-order chi connectivity index (χ1) is 17.1. The third-order valence-corrected chi connectivity index (χ3v) is 6.58. The number of rotatable bonds is 7. The molecule has 0 fully saturated rings. The van der Waals surface area contributed by atoms with E-state index in [1.54, 1.807) is 42.1 Å². The van der Waals surface area contributed by atoms with Gasteiger partial charge in [-0.15, -0.1) is 0 Å². The minimum absolute atomic E-state index is 0.179. The number of aryl methyl sites for hydroxylation is 1. The molecule has 1 atom stereocenters. The molecule has 0 aliphatic heterocycles. The third kappa shape index (κ3) is 4.99. The van der Waals surface area contributed by atoms with Crippen molar-refractivity contribution in [1.82, 2.24) is 19.7 Å². The van der Waals surface area contributed by atoms with Crippen molar-refractivity contribution in [3.8, 4) is 0 Å². The van der Waals surface area contributed by atoms with Crippen LogP contribution in [-0.4, -0.2) is 25.6 Å². The summed E-state index contributed by atoms with van der Waals surface area (Å²) in [4.78, 5) is 35.9. The molecule has 2 aromatic carbocycles. The quantitative estimate of drug-likeness (QED) is 0.266. The largest absolute Gasteiger partial charge is 0.360 e. The number of aromatic nitrogens is 4. The lowest BCUT2D eigenvalue weighted by Crippen LogP contribution is -2.26. The average Bonchev–Trinajstić information content (AvgIpc) is 3.30. The Labute approximate surface area is 205 Å². The number of carbonyl (C=O) groups excluding carboxylic acids is 1. The Kier molecular flexibility index (Phi) is 6.40. The smallest absolute Gasteiger partial charge is 0.262 e. The van der Waals surface area contributed by atoms with Gasteiger partial charge in [0.15, 0.2) is 11.0 Å². The van der Waals surface area contributed by atoms with E-state index in [-0.39, 0.29) is 18.0 Å². The van der Waals surface area contributed by atoms with E-state index in [0.29, 0.717) is 27.6 Å². The van der Waals surface area contributed by atoms with Crippen molar-refractivity contribution in [1.29, 1.82) is 0 Å². The molecular formula is C26H21N5O3S. The molecule has 0 aliphatic rings. The fourth-order valence-electron chi connectivity index (χ4n) is 3.67. The fourth-order valence-corrected chi connectivity index (χ4v) is 4.77. The van der Waals surface area contributed by atoms with Gasteiger partial charge in [0, 0.05) is 18.5 Å². The van der Waals surface area contributed by atoms with Crippen LogP contribution < -0.4 is 10.9 Å². The summed E-state index contributed by atoms with van der Waals surface area (Å²) in [5, 5.41) is 6.93. The van der Waals surface area contributed by atoms with Crippen LogP contribution in [0.15, 0.2) is 99.7 Å². The van der Waals surface area contributed by atoms with Gasteiger partial charge in [-0.05, 0) is 36.2 Å². The Morgan fingerprint density at radius 1 is 1.09 bits per heavy atom. The Balaban J connectivity index is 1.58. The lowest BCUT2D eigenvalue weighted by atomic mass is 10.1. The predicted octanol–water partition coefficient (Wildman–Crippen LogP) is 4.61. The van der Waals surface area contributed by atoms with Crippen LogP contribution in [0.2, 0.25) is 0 Å². The molecule has 0 spiro atoms. The maximum absolute atomic E-state index is 13.5. The van der Waals surface area contributed by atoms with Crippen LogP contribution >= 0.6 is 11.8 Å². The molecular weight excluding hydrogens is 462 g/mol. The number of amides is 1. The van der Waals surface area contributed by atoms with E-state index in [1.807, 2.05) is 54.6 Å². The number of nitrogens with one attached hydrogen (secondary N) is 1. The monoisotopic (exact) mass is 483 g/mol. The molecule has 5 rings (SSSR count). The predicted molar refractivity (Wildman–Crippen MR) is 134 cm³/mol. The summed E-state index contributed by atoms with van der Waals surface area (Å²) in [5.41, 5.74) is 2.01. The van der Waals surface area contributed by atoms with E-state index in [0.717, 1.165) is 11.1 Å². The number of hydrogen-bond acceptors (Lipinski definition) is 7. The highest BCUT2D eigenvalue weighted by atomic mass is 32.2. The molecule has 1 amide bonds. The second-order valence-electron chi connectivity index (χ2n) is 7.88. The Morgan fingerprint density at radius 2 is 1.89 bits per heavy atom. The van der Waals surface area contributed by atoms with Gasteiger partial charge in [-0.25, -0.2) is 4.98 Å². The number of thioether (sulfide) groups is 1. The normalized spacial score (nSPS) is 11.9. The second-order valence-corrected chi connectivity index (χ2v) is 8.96. The van der Waals surface area contributed by atoms with Crippen molar-refractivity contribution < 1.29 is 9.32 Å². The molecule has 0 radical (unpaired) electrons. The van der Waals surface area contributed by atoms with Crippen molar-refractivity contribution in [2.45, 2.75) is 23.9 Å². The van der Waals surface area contributed by atoms with Crippen LogP contribution in [0.5, 0.6) is 0 Å². The molecule has 35 heavy (non-hydrogen) atoms. The molecule has 0 bridgehead atoms. The van der Waals surface area contributed by atoms with Gasteiger partial charge >= 0.3 is 0 Å². The number of fused-ring (bicyclic) bond motifs is 1. The Bertz CT molecular complexity index is 1530. The van der Waals surface area contributed by atoms with Crippen LogP contribution in [0.3, 0.4) is 0 Å². The molecule has 5 aromatic rings. The number of nitrogens with zero attached hydrogens (tertiary/aromatic N) is 4. The van der Waals surface area contributed by atoms with E-state index in [4.69, 9.17) is 9.51 Å². The molecule has 3 heterocycles. The first-order valence-electron chi connectivity index (χ1n) is 10.9. The number of benzene rings is 2. The van der Waals surface area contributed by atoms with Crippen LogP contribution in [0, 0.1) is 6.92 Å². The van der Waals surface area contributed by atoms with Crippen LogP contribution in [0.25, 0.3) is 10.9 Å². The zero-order valence-electron chi connectivity index (χ0n) is 18.8. The SMILES string of the molecule is Cc1cc(NC(=O)C(Sc2nc3ccccc3c(=O)n2Cc2cccnc2)c2ccccc2)no1. The first kappa shape index (κ1) is 22.5. The summed E-state index contributed by atoms with van der Waals surface area (Å²) >= 11 is 1.21. The molecule has 3 aromatic heterocycles. The van der Waals surface area contributed by atoms with E-state index in [9.17, 15) is 9.59 Å². The summed E-state index contributed by atoms with van der Waals surface area (Å²) in [6.45, 7) is 2.03. The van der Waals surface area contributed by atoms with Gasteiger partial charge in [-0.3, -0.25) is 19.1 Å². The van der Waals surface area contributed by atoms with Gasteiger partial charge in [0.25, 0.3) is 5.56 Å². The molecule has 174 valence electrons. The molecule has 0 saturated heterocycles. The minimum Gasteiger partial charge on any atom is -0.360 e. The van der Waals surface area contributed by atoms with Gasteiger partial charge in [-0.1, -0.05) is 65.4 Å². The highest BCUT2D eigenvalue weighted by Crippen LogP contribution is 2.35. The Hall–Kier alpha value is -4.24. The Morgan fingerprint density at radius 3 is 2.63 bits per heavy atom. The summed E-state index contributed by atoms with van der Waals surface area (Å²) in [6, 6.07) is 21.9. The maximum atomic E-state index is 13.5. The standard InChI is InChI=1S/C26H21N5O3S/c1-17-14-22(30-34-17)29-24(32)23(19-9-3-2-4-10-19)35-26-28-21-12-6-5-11-20(21)25(33)31(26)16-18-8-7-13-27-15-18/h2-15,23H,16H2,1H3,(H,29,30,32). The summed E-state index contributed by atoms with van der Waals surface area (Å²) in [6.07, 6.45) is 3.40. The van der Waals surface area contributed by atoms with Gasteiger partial charge < -0.3 is 9.84 Å². The average molecular weight is 484 g/mol. The third-order valence-electron chi connectivity index (χ3n) is 5.33. The lowest BCUT2D eigenvalue weighted by molar-refractivity contribution is -0.115. The number of anilines is 1. The van der Waals surface area contributed by atoms with E-state index in [2.05, 4.69) is 15.5 Å². The van der Waals surface area contributed by atoms with Crippen molar-refractivity contribution in [3.05, 3.63) is 112 Å². The first-order valence-corrected chi connectivity index (χ1v) is 11.8. The van der Waals surface area contributed by atoms with Crippen LogP contribution in [-0.2, 0) is 11.3 Å². The highest BCUT2D eigenvalue weighted by Gasteiger charge is 2.26. The number of pyridine rings is 1. The van der Waals surface area contributed by atoms with Crippen molar-refractivity contribution in [3.63, 3.8) is 0 Å². The van der Waals surface area contributed by atoms with Crippen LogP contribution in [0.4, 0.5) is 5.82 Å². The zero-order chi connectivity index (χ0) is 24.2. The van der Waals surface area contributed by atoms with E-state index < -0.39 is 5.25 Å². The summed E-state index contributed by atoms with van der Waals surface area (Å²) < 4.78 is 6.67. The summed E-state index contributed by atoms with van der Waals surface area (Å²) in [5.74, 6) is 0.615. The van der Waals surface area contributed by atoms with Gasteiger partial charge in [0.2, 0.25) is 5.91 Å². The molecule has 8 nitrogen and oxygen atoms in total. The fraction of sp³-hybridized carbons (Fsp3) is 0.115. The summed E-state index contributed by atoms with van der Waals surface area (Å²) in [7, 11) is 0. The molecule has 1 unspecified atom stereocenters. The van der Waals surface area contributed by atoms with Crippen LogP contribution in [0.1, 0.15) is 22.1 Å². The van der Waals surface area contributed by atoms with Crippen molar-refractivity contribution in [2.75, 3.05) is 5.32 Å². The molecule has 0 aliphatic carbocycles. The van der Waals surface area contributed by atoms with E-state index in [1.165, 1.54) is 11.8 Å². The zero-order valence-corrected chi connectivity index (χ0v) is 19.6. The van der Waals surface area contributed by atoms with Gasteiger partial charge in [0.1, 0.15) is 11.0 Å². The van der Waals surface area contributed by atoms with Crippen molar-refractivity contribution in [2.24, 2.45) is 0 Å². The number of carbonyl (C=O) groups is 1. The second kappa shape index (κ2) is 9.94. The molecule has 9 heteroatoms. The lowest BCUT2D eigenvalue weighted by Gasteiger charge is -2.19. The van der Waals surface area contributed by atoms with Gasteiger partial charge in [0.05, 0.1) is 17.4 Å². The number of hydrogen-bond donors (Lipinski definition) is 1. The maximum Gasteiger partial charge on any atom is 0.262 e. The highest BCUT2D eigenvalue weighted by molar-refractivity contribution is 8.00. The minimum atomic E-state index is -0.693. The topological polar surface area (TPSA) is 103 Å². The van der Waals surface area contributed by atoms with Gasteiger partial charge in [-0.2, -0.15) is 0 Å².